The predicted molar refractivity (Wildman–Crippen MR) is 239 cm³/mol. The summed E-state index contributed by atoms with van der Waals surface area (Å²) in [6.07, 6.45) is 5.54. The molecule has 0 amide bonds. The lowest BCUT2D eigenvalue weighted by Gasteiger charge is -2.15. The Bertz CT molecular complexity index is 2910. The smallest absolute Gasteiger partial charge is 0.160 e. The molecule has 10 aromatic rings. The van der Waals surface area contributed by atoms with Gasteiger partial charge in [-0.25, -0.2) is 9.97 Å². The molecule has 4 nitrogen and oxygen atoms in total. The van der Waals surface area contributed by atoms with Gasteiger partial charge in [0.1, 0.15) is 0 Å². The van der Waals surface area contributed by atoms with Gasteiger partial charge >= 0.3 is 0 Å². The number of hydrogen-bond acceptors (Lipinski definition) is 4. The number of pyridine rings is 2. The number of fused-ring (bicyclic) bond motifs is 1. The van der Waals surface area contributed by atoms with Crippen LogP contribution in [0.2, 0.25) is 0 Å². The minimum absolute atomic E-state index is 0.633. The molecule has 0 aliphatic heterocycles. The fourth-order valence-electron chi connectivity index (χ4n) is 7.72. The summed E-state index contributed by atoms with van der Waals surface area (Å²) in [7, 11) is 0. The molecule has 0 fully saturated rings. The van der Waals surface area contributed by atoms with Crippen molar-refractivity contribution >= 4 is 10.8 Å². The van der Waals surface area contributed by atoms with Crippen LogP contribution in [-0.4, -0.2) is 19.9 Å². The van der Waals surface area contributed by atoms with E-state index in [0.717, 1.165) is 72.7 Å². The molecule has 3 heterocycles. The highest BCUT2D eigenvalue weighted by atomic mass is 14.9. The Labute approximate surface area is 337 Å². The average Bonchev–Trinajstić information content (AvgIpc) is 3.32. The SMILES string of the molecule is c1ccc(-c2ccc(-c3cc(-c4ccc(-c5ccccc5)cc4)nc(-c4cc(-c5ncccc5-c5cccnc5)cc(-c5cccc6ccccc56)c4)n3)cc2)cc1. The molecule has 0 unspecified atom stereocenters. The van der Waals surface area contributed by atoms with E-state index in [4.69, 9.17) is 15.0 Å². The van der Waals surface area contributed by atoms with E-state index >= 15 is 0 Å². The van der Waals surface area contributed by atoms with E-state index in [1.165, 1.54) is 21.9 Å². The largest absolute Gasteiger partial charge is 0.264 e. The van der Waals surface area contributed by atoms with Gasteiger partial charge in [0.15, 0.2) is 5.82 Å². The molecule has 58 heavy (non-hydrogen) atoms. The van der Waals surface area contributed by atoms with Crippen LogP contribution in [0.25, 0.3) is 100 Å². The molecule has 0 aliphatic rings. The van der Waals surface area contributed by atoms with Crippen LogP contribution in [0.4, 0.5) is 0 Å². The molecule has 0 N–H and O–H groups in total. The lowest BCUT2D eigenvalue weighted by molar-refractivity contribution is 1.18. The topological polar surface area (TPSA) is 51.6 Å². The number of hydrogen-bond donors (Lipinski definition) is 0. The van der Waals surface area contributed by atoms with Crippen molar-refractivity contribution in [2.24, 2.45) is 0 Å². The summed E-state index contributed by atoms with van der Waals surface area (Å²) in [6, 6.07) is 70.1. The van der Waals surface area contributed by atoms with Crippen molar-refractivity contribution in [1.29, 1.82) is 0 Å². The van der Waals surface area contributed by atoms with Crippen molar-refractivity contribution in [2.45, 2.75) is 0 Å². The van der Waals surface area contributed by atoms with E-state index < -0.39 is 0 Å². The van der Waals surface area contributed by atoms with Gasteiger partial charge in [-0.2, -0.15) is 0 Å². The van der Waals surface area contributed by atoms with Gasteiger partial charge in [0, 0.05) is 52.0 Å². The van der Waals surface area contributed by atoms with Crippen molar-refractivity contribution in [1.82, 2.24) is 19.9 Å². The first kappa shape index (κ1) is 34.7. The van der Waals surface area contributed by atoms with Crippen LogP contribution < -0.4 is 0 Å². The second-order valence-corrected chi connectivity index (χ2v) is 14.3. The lowest BCUT2D eigenvalue weighted by atomic mass is 9.92. The highest BCUT2D eigenvalue weighted by Crippen LogP contribution is 2.39. The fourth-order valence-corrected chi connectivity index (χ4v) is 7.72. The average molecular weight is 741 g/mol. The van der Waals surface area contributed by atoms with Gasteiger partial charge in [0.05, 0.1) is 17.1 Å². The highest BCUT2D eigenvalue weighted by molar-refractivity contribution is 5.98. The quantitative estimate of drug-likeness (QED) is 0.156. The van der Waals surface area contributed by atoms with E-state index in [2.05, 4.69) is 181 Å². The van der Waals surface area contributed by atoms with Crippen molar-refractivity contribution in [3.8, 4) is 89.7 Å². The van der Waals surface area contributed by atoms with Crippen LogP contribution in [0.3, 0.4) is 0 Å². The summed E-state index contributed by atoms with van der Waals surface area (Å²) in [5.41, 5.74) is 15.3. The van der Waals surface area contributed by atoms with Crippen LogP contribution in [0.5, 0.6) is 0 Å². The predicted octanol–water partition coefficient (Wildman–Crippen LogP) is 13.8. The second kappa shape index (κ2) is 15.4. The van der Waals surface area contributed by atoms with Gasteiger partial charge in [-0.05, 0) is 80.6 Å². The third-order valence-corrected chi connectivity index (χ3v) is 10.6. The minimum Gasteiger partial charge on any atom is -0.264 e. The molecule has 0 radical (unpaired) electrons. The Kier molecular flexibility index (Phi) is 9.18. The highest BCUT2D eigenvalue weighted by Gasteiger charge is 2.17. The molecule has 10 rings (SSSR count). The van der Waals surface area contributed by atoms with Crippen LogP contribution in [0.15, 0.2) is 219 Å². The number of benzene rings is 7. The van der Waals surface area contributed by atoms with Crippen LogP contribution >= 0.6 is 0 Å². The summed E-state index contributed by atoms with van der Waals surface area (Å²) in [5.74, 6) is 0.633. The normalized spacial score (nSPS) is 11.1. The molecule has 0 bridgehead atoms. The summed E-state index contributed by atoms with van der Waals surface area (Å²) in [5, 5.41) is 2.35. The summed E-state index contributed by atoms with van der Waals surface area (Å²) >= 11 is 0. The molecule has 3 aromatic heterocycles. The Hall–Kier alpha value is -7.82. The molecule has 4 heteroatoms. The molecular weight excluding hydrogens is 705 g/mol. The summed E-state index contributed by atoms with van der Waals surface area (Å²) in [6.45, 7) is 0. The standard InChI is InChI=1S/C54H36N4/c1-3-12-37(13-4-1)39-22-26-42(27-23-39)51-35-52(43-28-24-40(25-29-43)38-14-5-2-6-15-38)58-54(57-51)47-33-45(49-20-9-17-41-16-7-8-19-48(41)49)32-46(34-47)53-50(21-11-31-56-53)44-18-10-30-55-36-44/h1-36H. The van der Waals surface area contributed by atoms with E-state index in [-0.39, 0.29) is 0 Å². The first-order valence-electron chi connectivity index (χ1n) is 19.4. The van der Waals surface area contributed by atoms with Gasteiger partial charge in [-0.1, -0.05) is 164 Å². The first-order chi connectivity index (χ1) is 28.7. The molecule has 0 aliphatic carbocycles. The monoisotopic (exact) mass is 740 g/mol. The van der Waals surface area contributed by atoms with Gasteiger partial charge in [0.25, 0.3) is 0 Å². The number of aromatic nitrogens is 4. The van der Waals surface area contributed by atoms with Crippen molar-refractivity contribution in [2.75, 3.05) is 0 Å². The zero-order chi connectivity index (χ0) is 38.7. The molecule has 0 saturated heterocycles. The third-order valence-electron chi connectivity index (χ3n) is 10.6. The maximum absolute atomic E-state index is 5.34. The summed E-state index contributed by atoms with van der Waals surface area (Å²) < 4.78 is 0. The molecular formula is C54H36N4. The number of nitrogens with zero attached hydrogens (tertiary/aromatic N) is 4. The molecule has 0 atom stereocenters. The van der Waals surface area contributed by atoms with Crippen molar-refractivity contribution < 1.29 is 0 Å². The van der Waals surface area contributed by atoms with Crippen LogP contribution in [-0.2, 0) is 0 Å². The molecule has 272 valence electrons. The maximum atomic E-state index is 5.34. The van der Waals surface area contributed by atoms with Gasteiger partial charge in [-0.3, -0.25) is 9.97 Å². The van der Waals surface area contributed by atoms with Gasteiger partial charge < -0.3 is 0 Å². The molecule has 7 aromatic carbocycles. The Morgan fingerprint density at radius 1 is 0.310 bits per heavy atom. The number of rotatable bonds is 8. The zero-order valence-electron chi connectivity index (χ0n) is 31.6. The van der Waals surface area contributed by atoms with Crippen molar-refractivity contribution in [3.05, 3.63) is 219 Å². The van der Waals surface area contributed by atoms with Crippen LogP contribution in [0.1, 0.15) is 0 Å². The maximum Gasteiger partial charge on any atom is 0.160 e. The third kappa shape index (κ3) is 6.95. The van der Waals surface area contributed by atoms with E-state index in [0.29, 0.717) is 5.82 Å². The minimum atomic E-state index is 0.633. The van der Waals surface area contributed by atoms with Gasteiger partial charge in [-0.15, -0.1) is 0 Å². The molecule has 0 spiro atoms. The molecule has 0 saturated carbocycles. The lowest BCUT2D eigenvalue weighted by Crippen LogP contribution is -1.98. The van der Waals surface area contributed by atoms with E-state index in [9.17, 15) is 0 Å². The van der Waals surface area contributed by atoms with Crippen LogP contribution in [0, 0.1) is 0 Å². The second-order valence-electron chi connectivity index (χ2n) is 14.3. The van der Waals surface area contributed by atoms with E-state index in [1.807, 2.05) is 36.7 Å². The zero-order valence-corrected chi connectivity index (χ0v) is 31.6. The Morgan fingerprint density at radius 3 is 1.48 bits per heavy atom. The van der Waals surface area contributed by atoms with Gasteiger partial charge in [0.2, 0.25) is 0 Å². The first-order valence-corrected chi connectivity index (χ1v) is 19.4. The summed E-state index contributed by atoms with van der Waals surface area (Å²) in [4.78, 5) is 20.1. The fraction of sp³-hybridized carbons (Fsp3) is 0. The van der Waals surface area contributed by atoms with E-state index in [1.54, 1.807) is 6.20 Å². The van der Waals surface area contributed by atoms with Crippen molar-refractivity contribution in [3.63, 3.8) is 0 Å². The Balaban J connectivity index is 1.18. The Morgan fingerprint density at radius 2 is 0.828 bits per heavy atom.